The third-order valence-electron chi connectivity index (χ3n) is 6.77. The van der Waals surface area contributed by atoms with Gasteiger partial charge in [-0.25, -0.2) is 13.8 Å². The summed E-state index contributed by atoms with van der Waals surface area (Å²) in [6, 6.07) is 4.23. The normalized spacial score (nSPS) is 13.6. The Bertz CT molecular complexity index is 1570. The minimum Gasteiger partial charge on any atom is -0.483 e. The molecule has 3 aromatic rings. The van der Waals surface area contributed by atoms with Gasteiger partial charge in [0, 0.05) is 58.2 Å². The monoisotopic (exact) mass is 691 g/mol. The van der Waals surface area contributed by atoms with Crippen LogP contribution in [0.2, 0.25) is 5.02 Å². The molecule has 0 saturated carbocycles. The molecule has 0 spiro atoms. The van der Waals surface area contributed by atoms with Gasteiger partial charge in [0.25, 0.3) is 24.7 Å². The van der Waals surface area contributed by atoms with E-state index >= 15 is 0 Å². The molecule has 3 heterocycles. The summed E-state index contributed by atoms with van der Waals surface area (Å²) in [4.78, 5) is 53.8. The number of imidazole rings is 1. The standard InChI is InChI=1S/C26H29ClF5N9O3.CH2O2/c1-38-19(17-12-41(13-20(28)29)37-22(17)26(30,31)32)11-35-23(38)24(43)36-15-2-3-16(18(27)10-15)25(44)40-8-6-39(7-9-40)14-21(42)34-5-4-33;2-1-3/h2-3,10-12,20H,4-9,13-14,33H2,1H3,(H,34,42)(H,36,43);1H,(H,2,3). The number of carbonyl (C=O) groups excluding carboxylic acids is 3. The van der Waals surface area contributed by atoms with Crippen LogP contribution in [0, 0.1) is 0 Å². The largest absolute Gasteiger partial charge is 0.483 e. The predicted molar refractivity (Wildman–Crippen MR) is 158 cm³/mol. The number of piperazine rings is 1. The molecule has 0 radical (unpaired) electrons. The zero-order valence-electron chi connectivity index (χ0n) is 24.8. The molecular formula is C27H31ClF5N9O5. The van der Waals surface area contributed by atoms with E-state index in [9.17, 15) is 36.3 Å². The summed E-state index contributed by atoms with van der Waals surface area (Å²) in [6.45, 7) is 1.34. The number of benzene rings is 1. The topological polar surface area (TPSA) is 181 Å². The van der Waals surface area contributed by atoms with E-state index in [2.05, 4.69) is 20.7 Å². The lowest BCUT2D eigenvalue weighted by Crippen LogP contribution is -2.51. The summed E-state index contributed by atoms with van der Waals surface area (Å²) in [5, 5.41) is 15.4. The Morgan fingerprint density at radius 2 is 1.83 bits per heavy atom. The van der Waals surface area contributed by atoms with Crippen LogP contribution in [0.4, 0.5) is 27.6 Å². The van der Waals surface area contributed by atoms with Crippen LogP contribution in [0.25, 0.3) is 11.3 Å². The number of hydrogen-bond donors (Lipinski definition) is 4. The van der Waals surface area contributed by atoms with Gasteiger partial charge in [-0.05, 0) is 18.2 Å². The van der Waals surface area contributed by atoms with Crippen molar-refractivity contribution in [2.45, 2.75) is 19.1 Å². The number of carboxylic acid groups (broad SMARTS) is 1. The van der Waals surface area contributed by atoms with Gasteiger partial charge >= 0.3 is 6.18 Å². The van der Waals surface area contributed by atoms with Crippen LogP contribution in [0.1, 0.15) is 26.7 Å². The molecule has 0 bridgehead atoms. The van der Waals surface area contributed by atoms with Crippen molar-refractivity contribution < 1.29 is 46.2 Å². The van der Waals surface area contributed by atoms with E-state index in [0.29, 0.717) is 44.0 Å². The highest BCUT2D eigenvalue weighted by Crippen LogP contribution is 2.36. The Hall–Kier alpha value is -4.62. The van der Waals surface area contributed by atoms with Crippen LogP contribution in [0.15, 0.2) is 30.6 Å². The van der Waals surface area contributed by atoms with Crippen LogP contribution in [-0.2, 0) is 29.4 Å². The van der Waals surface area contributed by atoms with Gasteiger partial charge in [-0.3, -0.25) is 28.8 Å². The fraction of sp³-hybridized carbons (Fsp3) is 0.407. The molecule has 0 atom stereocenters. The molecule has 2 aromatic heterocycles. The lowest BCUT2D eigenvalue weighted by molar-refractivity contribution is -0.141. The highest BCUT2D eigenvalue weighted by atomic mass is 35.5. The average molecular weight is 692 g/mol. The molecule has 3 amide bonds. The van der Waals surface area contributed by atoms with Gasteiger partial charge in [0.1, 0.15) is 6.54 Å². The second-order valence-electron chi connectivity index (χ2n) is 9.99. The fourth-order valence-electron chi connectivity index (χ4n) is 4.63. The molecule has 0 unspecified atom stereocenters. The van der Waals surface area contributed by atoms with Gasteiger partial charge in [-0.15, -0.1) is 0 Å². The molecule has 1 aliphatic rings. The van der Waals surface area contributed by atoms with Crippen molar-refractivity contribution in [3.63, 3.8) is 0 Å². The Kier molecular flexibility index (Phi) is 12.8. The number of nitrogens with one attached hydrogen (secondary N) is 2. The molecular weight excluding hydrogens is 661 g/mol. The van der Waals surface area contributed by atoms with Crippen molar-refractivity contribution in [3.8, 4) is 11.3 Å². The molecule has 47 heavy (non-hydrogen) atoms. The van der Waals surface area contributed by atoms with Crippen LogP contribution in [-0.4, -0.2) is 111 Å². The zero-order valence-corrected chi connectivity index (χ0v) is 25.6. The predicted octanol–water partition coefficient (Wildman–Crippen LogP) is 2.01. The van der Waals surface area contributed by atoms with Gasteiger partial charge < -0.3 is 30.9 Å². The number of nitrogens with zero attached hydrogens (tertiary/aromatic N) is 6. The van der Waals surface area contributed by atoms with Gasteiger partial charge in [0.15, 0.2) is 11.5 Å². The third-order valence-corrected chi connectivity index (χ3v) is 7.09. The Morgan fingerprint density at radius 1 is 1.17 bits per heavy atom. The van der Waals surface area contributed by atoms with Crippen LogP contribution < -0.4 is 16.4 Å². The first-order valence-electron chi connectivity index (χ1n) is 13.8. The summed E-state index contributed by atoms with van der Waals surface area (Å²) in [7, 11) is 1.29. The molecule has 256 valence electrons. The second-order valence-corrected chi connectivity index (χ2v) is 10.4. The third kappa shape index (κ3) is 9.69. The number of halogens is 6. The lowest BCUT2D eigenvalue weighted by Gasteiger charge is -2.34. The molecule has 1 saturated heterocycles. The van der Waals surface area contributed by atoms with Crippen molar-refractivity contribution in [2.75, 3.05) is 51.1 Å². The number of rotatable bonds is 10. The van der Waals surface area contributed by atoms with E-state index in [1.165, 1.54) is 25.2 Å². The second kappa shape index (κ2) is 16.3. The van der Waals surface area contributed by atoms with Gasteiger partial charge in [-0.2, -0.15) is 18.3 Å². The minimum absolute atomic E-state index is 0.0539. The van der Waals surface area contributed by atoms with Crippen molar-refractivity contribution >= 4 is 41.5 Å². The van der Waals surface area contributed by atoms with Crippen molar-refractivity contribution in [2.24, 2.45) is 12.8 Å². The number of amides is 3. The van der Waals surface area contributed by atoms with Gasteiger partial charge in [0.2, 0.25) is 5.91 Å². The van der Waals surface area contributed by atoms with Crippen molar-refractivity contribution in [1.82, 2.24) is 34.4 Å². The number of carbonyl (C=O) groups is 4. The first-order chi connectivity index (χ1) is 22.2. The summed E-state index contributed by atoms with van der Waals surface area (Å²) < 4.78 is 67.9. The minimum atomic E-state index is -4.94. The molecule has 20 heteroatoms. The average Bonchev–Trinajstić information content (AvgIpc) is 3.59. The SMILES string of the molecule is Cn1c(-c2cn(CC(F)F)nc2C(F)(F)F)cnc1C(=O)Nc1ccc(C(=O)N2CCN(CC(=O)NCCN)CC2)c(Cl)c1.O=CO. The first-order valence-corrected chi connectivity index (χ1v) is 14.2. The maximum atomic E-state index is 13.6. The highest BCUT2D eigenvalue weighted by Gasteiger charge is 2.39. The number of alkyl halides is 5. The smallest absolute Gasteiger partial charge is 0.435 e. The number of nitrogens with two attached hydrogens (primary N) is 1. The molecule has 5 N–H and O–H groups in total. The highest BCUT2D eigenvalue weighted by molar-refractivity contribution is 6.34. The van der Waals surface area contributed by atoms with E-state index in [1.54, 1.807) is 4.90 Å². The number of aromatic nitrogens is 4. The maximum Gasteiger partial charge on any atom is 0.435 e. The van der Waals surface area contributed by atoms with E-state index in [-0.39, 0.29) is 52.6 Å². The molecule has 14 nitrogen and oxygen atoms in total. The van der Waals surface area contributed by atoms with Crippen molar-refractivity contribution in [1.29, 1.82) is 0 Å². The molecule has 4 rings (SSSR count). The fourth-order valence-corrected chi connectivity index (χ4v) is 4.89. The summed E-state index contributed by atoms with van der Waals surface area (Å²) in [5.74, 6) is -1.55. The van der Waals surface area contributed by atoms with E-state index in [1.807, 2.05) is 4.90 Å². The quantitative estimate of drug-likeness (QED) is 0.183. The molecule has 0 aliphatic carbocycles. The molecule has 1 aromatic carbocycles. The summed E-state index contributed by atoms with van der Waals surface area (Å²) in [6.07, 6.45) is -6.04. The Labute approximate surface area is 269 Å². The first kappa shape index (κ1) is 36.8. The van der Waals surface area contributed by atoms with Gasteiger partial charge in [0.05, 0.1) is 34.6 Å². The summed E-state index contributed by atoms with van der Waals surface area (Å²) >= 11 is 6.37. The number of anilines is 1. The molecule has 1 fully saturated rings. The lowest BCUT2D eigenvalue weighted by atomic mass is 10.1. The van der Waals surface area contributed by atoms with Crippen molar-refractivity contribution in [3.05, 3.63) is 52.7 Å². The van der Waals surface area contributed by atoms with Gasteiger partial charge in [-0.1, -0.05) is 11.6 Å². The van der Waals surface area contributed by atoms with Crippen LogP contribution in [0.3, 0.4) is 0 Å². The Balaban J connectivity index is 0.00000192. The number of hydrogen-bond acceptors (Lipinski definition) is 8. The van der Waals surface area contributed by atoms with E-state index in [0.717, 1.165) is 17.0 Å². The Morgan fingerprint density at radius 3 is 2.40 bits per heavy atom. The van der Waals surface area contributed by atoms with E-state index in [4.69, 9.17) is 27.2 Å². The van der Waals surface area contributed by atoms with Crippen LogP contribution in [0.5, 0.6) is 0 Å². The van der Waals surface area contributed by atoms with Crippen LogP contribution >= 0.6 is 11.6 Å². The maximum absolute atomic E-state index is 13.6. The summed E-state index contributed by atoms with van der Waals surface area (Å²) in [5.41, 5.74) is 3.69. The van der Waals surface area contributed by atoms with E-state index < -0.39 is 36.3 Å². The molecule has 1 aliphatic heterocycles. The zero-order chi connectivity index (χ0) is 34.9.